The first-order chi connectivity index (χ1) is 14.6. The molecule has 3 aromatic rings. The molecule has 0 spiro atoms. The number of piperidine rings is 1. The van der Waals surface area contributed by atoms with Gasteiger partial charge in [-0.05, 0) is 54.9 Å². The fourth-order valence-corrected chi connectivity index (χ4v) is 5.67. The molecule has 2 aromatic carbocycles. The Bertz CT molecular complexity index is 1110. The Morgan fingerprint density at radius 3 is 2.43 bits per heavy atom. The van der Waals surface area contributed by atoms with Crippen molar-refractivity contribution in [2.24, 2.45) is 5.92 Å². The maximum Gasteiger partial charge on any atom is 0.243 e. The molecule has 1 aliphatic carbocycles. The molecule has 0 bridgehead atoms. The molecule has 6 nitrogen and oxygen atoms in total. The minimum absolute atomic E-state index is 0.199. The number of rotatable bonds is 6. The Morgan fingerprint density at radius 1 is 0.967 bits per heavy atom. The molecule has 2 fully saturated rings. The van der Waals surface area contributed by atoms with Crippen LogP contribution in [0.3, 0.4) is 0 Å². The summed E-state index contributed by atoms with van der Waals surface area (Å²) >= 11 is 0. The van der Waals surface area contributed by atoms with Crippen LogP contribution in [-0.4, -0.2) is 36.0 Å². The van der Waals surface area contributed by atoms with Gasteiger partial charge in [-0.15, -0.1) is 0 Å². The van der Waals surface area contributed by atoms with Crippen LogP contribution in [0, 0.1) is 5.92 Å². The van der Waals surface area contributed by atoms with Crippen LogP contribution in [0.15, 0.2) is 64.0 Å². The Hall–Kier alpha value is -2.51. The van der Waals surface area contributed by atoms with E-state index in [1.165, 1.54) is 0 Å². The molecular weight excluding hydrogens is 398 g/mol. The lowest BCUT2D eigenvalue weighted by atomic mass is 9.96. The highest BCUT2D eigenvalue weighted by molar-refractivity contribution is 7.89. The second-order valence-electron chi connectivity index (χ2n) is 8.29. The zero-order chi connectivity index (χ0) is 20.6. The summed E-state index contributed by atoms with van der Waals surface area (Å²) in [6.07, 6.45) is 4.73. The normalized spacial score (nSPS) is 20.3. The van der Waals surface area contributed by atoms with E-state index in [9.17, 15) is 8.42 Å². The van der Waals surface area contributed by atoms with Crippen molar-refractivity contribution >= 4 is 10.0 Å². The minimum atomic E-state index is -3.52. The van der Waals surface area contributed by atoms with Gasteiger partial charge in [0, 0.05) is 25.4 Å². The van der Waals surface area contributed by atoms with E-state index in [0.717, 1.165) is 42.6 Å². The monoisotopic (exact) mass is 423 g/mol. The number of sulfonamides is 1. The van der Waals surface area contributed by atoms with Crippen LogP contribution in [0.5, 0.6) is 0 Å². The summed E-state index contributed by atoms with van der Waals surface area (Å²) in [6.45, 7) is 1.04. The van der Waals surface area contributed by atoms with Crippen LogP contribution in [0.25, 0.3) is 11.1 Å². The van der Waals surface area contributed by atoms with Crippen LogP contribution in [0.4, 0.5) is 0 Å². The number of hydrogen-bond acceptors (Lipinski definition) is 5. The second-order valence-corrected chi connectivity index (χ2v) is 10.2. The SMILES string of the molecule is O=S(=O)(c1ccc(-c2ccccc2)cc1)N1CCCC(Cc2nc(C3CC3)no2)C1. The fraction of sp³-hybridized carbons (Fsp3) is 0.391. The van der Waals surface area contributed by atoms with Crippen molar-refractivity contribution in [2.45, 2.75) is 42.9 Å². The van der Waals surface area contributed by atoms with Crippen molar-refractivity contribution in [1.29, 1.82) is 0 Å². The lowest BCUT2D eigenvalue weighted by molar-refractivity contribution is 0.247. The summed E-state index contributed by atoms with van der Waals surface area (Å²) in [4.78, 5) is 4.85. The number of benzene rings is 2. The number of nitrogens with zero attached hydrogens (tertiary/aromatic N) is 3. The average Bonchev–Trinajstić information content (AvgIpc) is 3.54. The van der Waals surface area contributed by atoms with Gasteiger partial charge in [-0.3, -0.25) is 0 Å². The van der Waals surface area contributed by atoms with E-state index in [-0.39, 0.29) is 5.92 Å². The summed E-state index contributed by atoms with van der Waals surface area (Å²) in [7, 11) is -3.52. The summed E-state index contributed by atoms with van der Waals surface area (Å²) in [5.74, 6) is 2.10. The van der Waals surface area contributed by atoms with Gasteiger partial charge in [-0.2, -0.15) is 9.29 Å². The maximum atomic E-state index is 13.2. The van der Waals surface area contributed by atoms with Gasteiger partial charge in [-0.1, -0.05) is 47.6 Å². The largest absolute Gasteiger partial charge is 0.339 e. The summed E-state index contributed by atoms with van der Waals surface area (Å²) in [5, 5.41) is 4.07. The van der Waals surface area contributed by atoms with E-state index in [1.54, 1.807) is 16.4 Å². The fourth-order valence-electron chi connectivity index (χ4n) is 4.12. The molecule has 0 N–H and O–H groups in total. The predicted molar refractivity (Wildman–Crippen MR) is 113 cm³/mol. The van der Waals surface area contributed by atoms with E-state index in [0.29, 0.717) is 36.2 Å². The zero-order valence-electron chi connectivity index (χ0n) is 16.8. The third-order valence-electron chi connectivity index (χ3n) is 5.97. The third-order valence-corrected chi connectivity index (χ3v) is 7.85. The topological polar surface area (TPSA) is 76.3 Å². The molecule has 5 rings (SSSR count). The quantitative estimate of drug-likeness (QED) is 0.592. The van der Waals surface area contributed by atoms with E-state index < -0.39 is 10.0 Å². The molecule has 0 amide bonds. The van der Waals surface area contributed by atoms with Gasteiger partial charge in [0.15, 0.2) is 5.82 Å². The molecule has 1 saturated carbocycles. The van der Waals surface area contributed by atoms with Crippen LogP contribution in [0.1, 0.15) is 43.3 Å². The molecule has 1 unspecified atom stereocenters. The first-order valence-corrected chi connectivity index (χ1v) is 12.0. The Labute approximate surface area is 177 Å². The molecule has 2 aliphatic rings. The summed E-state index contributed by atoms with van der Waals surface area (Å²) < 4.78 is 33.4. The van der Waals surface area contributed by atoms with Gasteiger partial charge >= 0.3 is 0 Å². The van der Waals surface area contributed by atoms with E-state index in [4.69, 9.17) is 4.52 Å². The highest BCUT2D eigenvalue weighted by Crippen LogP contribution is 2.38. The van der Waals surface area contributed by atoms with Crippen molar-refractivity contribution in [3.63, 3.8) is 0 Å². The maximum absolute atomic E-state index is 13.2. The minimum Gasteiger partial charge on any atom is -0.339 e. The Kier molecular flexibility index (Phi) is 5.16. The zero-order valence-corrected chi connectivity index (χ0v) is 17.6. The molecule has 30 heavy (non-hydrogen) atoms. The lowest BCUT2D eigenvalue weighted by Gasteiger charge is -2.31. The highest BCUT2D eigenvalue weighted by Gasteiger charge is 2.32. The van der Waals surface area contributed by atoms with Crippen LogP contribution >= 0.6 is 0 Å². The van der Waals surface area contributed by atoms with Crippen molar-refractivity contribution in [3.05, 3.63) is 66.3 Å². The highest BCUT2D eigenvalue weighted by atomic mass is 32.2. The molecule has 0 radical (unpaired) electrons. The second kappa shape index (κ2) is 7.96. The van der Waals surface area contributed by atoms with Crippen molar-refractivity contribution in [3.8, 4) is 11.1 Å². The van der Waals surface area contributed by atoms with Gasteiger partial charge in [0.2, 0.25) is 15.9 Å². The van der Waals surface area contributed by atoms with E-state index in [2.05, 4.69) is 10.1 Å². The summed E-state index contributed by atoms with van der Waals surface area (Å²) in [6, 6.07) is 17.1. The van der Waals surface area contributed by atoms with Gasteiger partial charge in [-0.25, -0.2) is 8.42 Å². The predicted octanol–water partition coefficient (Wildman–Crippen LogP) is 4.26. The first-order valence-electron chi connectivity index (χ1n) is 10.6. The molecule has 2 heterocycles. The van der Waals surface area contributed by atoms with E-state index >= 15 is 0 Å². The average molecular weight is 424 g/mol. The van der Waals surface area contributed by atoms with Gasteiger partial charge in [0.05, 0.1) is 4.90 Å². The molecule has 1 aliphatic heterocycles. The van der Waals surface area contributed by atoms with Gasteiger partial charge in [0.1, 0.15) is 0 Å². The molecule has 1 aromatic heterocycles. The Morgan fingerprint density at radius 2 is 1.70 bits per heavy atom. The van der Waals surface area contributed by atoms with E-state index in [1.807, 2.05) is 42.5 Å². The molecule has 7 heteroatoms. The van der Waals surface area contributed by atoms with Crippen molar-refractivity contribution in [2.75, 3.05) is 13.1 Å². The lowest BCUT2D eigenvalue weighted by Crippen LogP contribution is -2.40. The van der Waals surface area contributed by atoms with Crippen LogP contribution in [0.2, 0.25) is 0 Å². The first kappa shape index (κ1) is 19.5. The molecule has 1 saturated heterocycles. The van der Waals surface area contributed by atoms with Gasteiger partial charge in [0.25, 0.3) is 0 Å². The third kappa shape index (κ3) is 4.04. The van der Waals surface area contributed by atoms with Crippen molar-refractivity contribution < 1.29 is 12.9 Å². The molecule has 156 valence electrons. The number of hydrogen-bond donors (Lipinski definition) is 0. The van der Waals surface area contributed by atoms with Gasteiger partial charge < -0.3 is 4.52 Å². The molecular formula is C23H25N3O3S. The number of aromatic nitrogens is 2. The van der Waals surface area contributed by atoms with Crippen LogP contribution < -0.4 is 0 Å². The molecule has 1 atom stereocenters. The standard InChI is InChI=1S/C23H25N3O3S/c27-30(28,21-12-10-19(11-13-21)18-6-2-1-3-7-18)26-14-4-5-17(16-26)15-22-24-23(25-29-22)20-8-9-20/h1-3,6-7,10-13,17,20H,4-5,8-9,14-16H2. The van der Waals surface area contributed by atoms with Crippen molar-refractivity contribution in [1.82, 2.24) is 14.4 Å². The Balaban J connectivity index is 1.28. The van der Waals surface area contributed by atoms with Crippen LogP contribution in [-0.2, 0) is 16.4 Å². The smallest absolute Gasteiger partial charge is 0.243 e. The summed E-state index contributed by atoms with van der Waals surface area (Å²) in [5.41, 5.74) is 2.08.